The molecule has 0 atom stereocenters. The van der Waals surface area contributed by atoms with Crippen LogP contribution in [-0.4, -0.2) is 19.1 Å². The van der Waals surface area contributed by atoms with E-state index in [-0.39, 0.29) is 5.54 Å². The van der Waals surface area contributed by atoms with Crippen molar-refractivity contribution in [3.8, 4) is 0 Å². The highest BCUT2D eigenvalue weighted by atomic mass is 35.5. The molecule has 0 bridgehead atoms. The predicted octanol–water partition coefficient (Wildman–Crippen LogP) is 2.98. The van der Waals surface area contributed by atoms with Crippen LogP contribution < -0.4 is 10.2 Å². The number of benzene rings is 1. The maximum absolute atomic E-state index is 6.15. The normalized spacial score (nSPS) is 18.7. The smallest absolute Gasteiger partial charge is 0.0771 e. The molecule has 76 valence electrons. The fourth-order valence-electron chi connectivity index (χ4n) is 2.01. The minimum absolute atomic E-state index is 0.0761. The molecule has 0 aliphatic carbocycles. The van der Waals surface area contributed by atoms with Crippen molar-refractivity contribution in [2.75, 3.05) is 23.8 Å². The molecule has 1 aromatic rings. The van der Waals surface area contributed by atoms with Gasteiger partial charge in [0.1, 0.15) is 0 Å². The van der Waals surface area contributed by atoms with Crippen molar-refractivity contribution in [1.82, 2.24) is 0 Å². The van der Waals surface area contributed by atoms with Crippen molar-refractivity contribution in [3.05, 3.63) is 23.2 Å². The molecule has 1 heterocycles. The van der Waals surface area contributed by atoms with E-state index in [1.807, 2.05) is 12.1 Å². The first-order chi connectivity index (χ1) is 6.49. The van der Waals surface area contributed by atoms with Crippen LogP contribution in [0.1, 0.15) is 13.8 Å². The summed E-state index contributed by atoms with van der Waals surface area (Å²) in [5.74, 6) is 0. The van der Waals surface area contributed by atoms with E-state index in [4.69, 9.17) is 11.6 Å². The van der Waals surface area contributed by atoms with E-state index in [2.05, 4.69) is 37.2 Å². The molecule has 0 saturated heterocycles. The Balaban J connectivity index is 2.51. The highest BCUT2D eigenvalue weighted by Crippen LogP contribution is 2.38. The van der Waals surface area contributed by atoms with E-state index in [9.17, 15) is 0 Å². The summed E-state index contributed by atoms with van der Waals surface area (Å²) < 4.78 is 0. The van der Waals surface area contributed by atoms with Crippen LogP contribution in [0.4, 0.5) is 11.4 Å². The predicted molar refractivity (Wildman–Crippen MR) is 62.4 cm³/mol. The number of halogens is 1. The second-order valence-electron chi connectivity index (χ2n) is 4.50. The zero-order chi connectivity index (χ0) is 10.3. The second-order valence-corrected chi connectivity index (χ2v) is 4.91. The lowest BCUT2D eigenvalue weighted by molar-refractivity contribution is 0.550. The van der Waals surface area contributed by atoms with Crippen LogP contribution in [-0.2, 0) is 0 Å². The largest absolute Gasteiger partial charge is 0.375 e. The van der Waals surface area contributed by atoms with E-state index in [1.54, 1.807) is 0 Å². The molecule has 1 aliphatic rings. The van der Waals surface area contributed by atoms with Crippen molar-refractivity contribution >= 4 is 23.0 Å². The van der Waals surface area contributed by atoms with Gasteiger partial charge in [0.2, 0.25) is 0 Å². The minimum atomic E-state index is 0.0761. The Bertz CT molecular complexity index is 360. The SMILES string of the molecule is CN1CC(C)(C)Nc2c(Cl)cccc21. The van der Waals surface area contributed by atoms with Crippen LogP contribution in [0, 0.1) is 0 Å². The maximum atomic E-state index is 6.15. The number of hydrogen-bond donors (Lipinski definition) is 1. The number of anilines is 2. The molecule has 14 heavy (non-hydrogen) atoms. The minimum Gasteiger partial charge on any atom is -0.375 e. The van der Waals surface area contributed by atoms with Gasteiger partial charge in [-0.1, -0.05) is 17.7 Å². The summed E-state index contributed by atoms with van der Waals surface area (Å²) in [6.45, 7) is 5.34. The van der Waals surface area contributed by atoms with Crippen LogP contribution in [0.25, 0.3) is 0 Å². The molecule has 1 N–H and O–H groups in total. The van der Waals surface area contributed by atoms with Gasteiger partial charge < -0.3 is 10.2 Å². The number of likely N-dealkylation sites (N-methyl/N-ethyl adjacent to an activating group) is 1. The van der Waals surface area contributed by atoms with E-state index in [0.717, 1.165) is 17.3 Å². The topological polar surface area (TPSA) is 15.3 Å². The summed E-state index contributed by atoms with van der Waals surface area (Å²) in [6, 6.07) is 5.99. The van der Waals surface area contributed by atoms with Crippen molar-refractivity contribution in [1.29, 1.82) is 0 Å². The zero-order valence-electron chi connectivity index (χ0n) is 8.76. The fraction of sp³-hybridized carbons (Fsp3) is 0.455. The summed E-state index contributed by atoms with van der Waals surface area (Å²) in [6.07, 6.45) is 0. The second kappa shape index (κ2) is 3.06. The van der Waals surface area contributed by atoms with Crippen LogP contribution in [0.2, 0.25) is 5.02 Å². The lowest BCUT2D eigenvalue weighted by atomic mass is 10.00. The molecule has 0 spiro atoms. The number of nitrogens with zero attached hydrogens (tertiary/aromatic N) is 1. The summed E-state index contributed by atoms with van der Waals surface area (Å²) in [4.78, 5) is 2.23. The third-order valence-corrected chi connectivity index (χ3v) is 2.81. The van der Waals surface area contributed by atoms with Crippen molar-refractivity contribution in [2.24, 2.45) is 0 Å². The lowest BCUT2D eigenvalue weighted by Gasteiger charge is -2.40. The average Bonchev–Trinajstić information content (AvgIpc) is 2.05. The highest BCUT2D eigenvalue weighted by Gasteiger charge is 2.28. The van der Waals surface area contributed by atoms with Crippen LogP contribution in [0.5, 0.6) is 0 Å². The monoisotopic (exact) mass is 210 g/mol. The molecule has 0 amide bonds. The van der Waals surface area contributed by atoms with Gasteiger partial charge in [0, 0.05) is 19.1 Å². The highest BCUT2D eigenvalue weighted by molar-refractivity contribution is 6.34. The van der Waals surface area contributed by atoms with E-state index < -0.39 is 0 Å². The summed E-state index contributed by atoms with van der Waals surface area (Å²) in [7, 11) is 2.09. The van der Waals surface area contributed by atoms with Crippen molar-refractivity contribution < 1.29 is 0 Å². The van der Waals surface area contributed by atoms with Gasteiger partial charge in [0.05, 0.1) is 16.4 Å². The Kier molecular flexibility index (Phi) is 2.11. The van der Waals surface area contributed by atoms with Gasteiger partial charge in [-0.3, -0.25) is 0 Å². The van der Waals surface area contributed by atoms with Gasteiger partial charge >= 0.3 is 0 Å². The molecule has 2 rings (SSSR count). The molecule has 1 aliphatic heterocycles. The quantitative estimate of drug-likeness (QED) is 0.708. The Labute approximate surface area is 89.9 Å². The lowest BCUT2D eigenvalue weighted by Crippen LogP contribution is -2.47. The average molecular weight is 211 g/mol. The molecule has 3 heteroatoms. The van der Waals surface area contributed by atoms with Crippen molar-refractivity contribution in [2.45, 2.75) is 19.4 Å². The van der Waals surface area contributed by atoms with E-state index in [1.165, 1.54) is 5.69 Å². The molecule has 1 aromatic carbocycles. The fourth-order valence-corrected chi connectivity index (χ4v) is 2.23. The van der Waals surface area contributed by atoms with Crippen molar-refractivity contribution in [3.63, 3.8) is 0 Å². The van der Waals surface area contributed by atoms with Gasteiger partial charge in [-0.15, -0.1) is 0 Å². The maximum Gasteiger partial charge on any atom is 0.0771 e. The summed E-state index contributed by atoms with van der Waals surface area (Å²) in [5.41, 5.74) is 2.30. The standard InChI is InChI=1S/C11H15ClN2/c1-11(2)7-14(3)9-6-4-5-8(12)10(9)13-11/h4-6,13H,7H2,1-3H3. The Hall–Kier alpha value is -0.890. The van der Waals surface area contributed by atoms with Crippen LogP contribution in [0.15, 0.2) is 18.2 Å². The van der Waals surface area contributed by atoms with Gasteiger partial charge in [-0.25, -0.2) is 0 Å². The molecule has 0 fully saturated rings. The number of rotatable bonds is 0. The number of fused-ring (bicyclic) bond motifs is 1. The number of nitrogens with one attached hydrogen (secondary N) is 1. The molecule has 0 unspecified atom stereocenters. The van der Waals surface area contributed by atoms with Crippen LogP contribution >= 0.6 is 11.6 Å². The van der Waals surface area contributed by atoms with Gasteiger partial charge in [-0.05, 0) is 26.0 Å². The molecular formula is C11H15ClN2. The third-order valence-electron chi connectivity index (χ3n) is 2.50. The molecule has 0 radical (unpaired) electrons. The molecule has 0 saturated carbocycles. The molecule has 2 nitrogen and oxygen atoms in total. The Morgan fingerprint density at radius 3 is 2.86 bits per heavy atom. The van der Waals surface area contributed by atoms with Crippen LogP contribution in [0.3, 0.4) is 0 Å². The Morgan fingerprint density at radius 2 is 2.14 bits per heavy atom. The zero-order valence-corrected chi connectivity index (χ0v) is 9.52. The first-order valence-electron chi connectivity index (χ1n) is 4.77. The summed E-state index contributed by atoms with van der Waals surface area (Å²) in [5, 5.41) is 4.25. The third kappa shape index (κ3) is 1.55. The molecule has 0 aromatic heterocycles. The van der Waals surface area contributed by atoms with E-state index in [0.29, 0.717) is 0 Å². The summed E-state index contributed by atoms with van der Waals surface area (Å²) >= 11 is 6.15. The van der Waals surface area contributed by atoms with Gasteiger partial charge in [0.15, 0.2) is 0 Å². The molecular weight excluding hydrogens is 196 g/mol. The van der Waals surface area contributed by atoms with E-state index >= 15 is 0 Å². The van der Waals surface area contributed by atoms with Gasteiger partial charge in [-0.2, -0.15) is 0 Å². The number of para-hydroxylation sites is 1. The number of hydrogen-bond acceptors (Lipinski definition) is 2. The Morgan fingerprint density at radius 1 is 1.43 bits per heavy atom. The first kappa shape index (κ1) is 9.66. The first-order valence-corrected chi connectivity index (χ1v) is 5.15. The van der Waals surface area contributed by atoms with Gasteiger partial charge in [0.25, 0.3) is 0 Å².